The van der Waals surface area contributed by atoms with Gasteiger partial charge in [0, 0.05) is 25.2 Å². The number of likely N-dealkylation sites (tertiary alicyclic amines) is 1. The van der Waals surface area contributed by atoms with Crippen LogP contribution >= 0.6 is 11.6 Å². The normalized spacial score (nSPS) is 20.1. The maximum absolute atomic E-state index is 13.2. The number of nitrogen functional groups attached to an aromatic ring is 1. The number of anilines is 2. The molecule has 5 heteroatoms. The molecule has 1 aliphatic heterocycles. The third kappa shape index (κ3) is 4.00. The predicted octanol–water partition coefficient (Wildman–Crippen LogP) is 3.74. The maximum Gasteiger partial charge on any atom is 0.143 e. The highest BCUT2D eigenvalue weighted by Gasteiger charge is 2.17. The Morgan fingerprint density at radius 2 is 2.25 bits per heavy atom. The number of hydrogen-bond donors (Lipinski definition) is 2. The van der Waals surface area contributed by atoms with Crippen molar-refractivity contribution < 1.29 is 4.39 Å². The lowest BCUT2D eigenvalue weighted by atomic mass is 10.0. The second kappa shape index (κ2) is 7.14. The number of benzene rings is 1. The lowest BCUT2D eigenvalue weighted by Crippen LogP contribution is -2.38. The molecule has 1 saturated heterocycles. The fourth-order valence-electron chi connectivity index (χ4n) is 2.71. The Hall–Kier alpha value is -1.00. The van der Waals surface area contributed by atoms with Crippen molar-refractivity contribution in [3.05, 3.63) is 23.0 Å². The molecule has 0 spiro atoms. The molecule has 1 heterocycles. The third-order valence-corrected chi connectivity index (χ3v) is 4.26. The maximum atomic E-state index is 13.2. The second-order valence-electron chi connectivity index (χ2n) is 5.51. The van der Waals surface area contributed by atoms with Gasteiger partial charge in [0.2, 0.25) is 0 Å². The van der Waals surface area contributed by atoms with Crippen LogP contribution in [0.2, 0.25) is 5.02 Å². The minimum atomic E-state index is -0.475. The number of halogens is 2. The Labute approximate surface area is 125 Å². The summed E-state index contributed by atoms with van der Waals surface area (Å²) in [6, 6.07) is 3.50. The van der Waals surface area contributed by atoms with Crippen LogP contribution in [0.15, 0.2) is 12.1 Å². The van der Waals surface area contributed by atoms with Crippen LogP contribution in [-0.4, -0.2) is 30.6 Å². The highest BCUT2D eigenvalue weighted by atomic mass is 35.5. The quantitative estimate of drug-likeness (QED) is 0.643. The lowest BCUT2D eigenvalue weighted by Gasteiger charge is -2.33. The van der Waals surface area contributed by atoms with E-state index >= 15 is 0 Å². The second-order valence-corrected chi connectivity index (χ2v) is 5.92. The molecular weight excluding hydrogens is 277 g/mol. The first-order chi connectivity index (χ1) is 9.58. The smallest absolute Gasteiger partial charge is 0.143 e. The van der Waals surface area contributed by atoms with Crippen LogP contribution in [-0.2, 0) is 0 Å². The topological polar surface area (TPSA) is 41.3 Å². The molecule has 1 unspecified atom stereocenters. The average Bonchev–Trinajstić information content (AvgIpc) is 2.42. The lowest BCUT2D eigenvalue weighted by molar-refractivity contribution is 0.160. The standard InChI is InChI=1S/C15H23ClFN3/c1-11-5-2-3-7-20(11)8-4-6-19-15-9-12(16)13(17)10-14(15)18/h9-11,19H,2-8,18H2,1H3. The molecule has 1 aliphatic rings. The van der Waals surface area contributed by atoms with Crippen molar-refractivity contribution in [1.82, 2.24) is 4.90 Å². The Kier molecular flexibility index (Phi) is 5.49. The first kappa shape index (κ1) is 15.4. The summed E-state index contributed by atoms with van der Waals surface area (Å²) in [7, 11) is 0. The number of nitrogens with two attached hydrogens (primary N) is 1. The van der Waals surface area contributed by atoms with Gasteiger partial charge in [-0.1, -0.05) is 18.0 Å². The van der Waals surface area contributed by atoms with E-state index in [-0.39, 0.29) is 5.02 Å². The van der Waals surface area contributed by atoms with Crippen molar-refractivity contribution in [3.63, 3.8) is 0 Å². The van der Waals surface area contributed by atoms with Gasteiger partial charge >= 0.3 is 0 Å². The fourth-order valence-corrected chi connectivity index (χ4v) is 2.87. The number of nitrogens with one attached hydrogen (secondary N) is 1. The summed E-state index contributed by atoms with van der Waals surface area (Å²) >= 11 is 5.76. The minimum Gasteiger partial charge on any atom is -0.397 e. The molecule has 0 radical (unpaired) electrons. The van der Waals surface area contributed by atoms with Crippen LogP contribution < -0.4 is 11.1 Å². The Morgan fingerprint density at radius 3 is 3.00 bits per heavy atom. The van der Waals surface area contributed by atoms with E-state index in [0.29, 0.717) is 17.4 Å². The van der Waals surface area contributed by atoms with Crippen molar-refractivity contribution >= 4 is 23.0 Å². The zero-order valence-corrected chi connectivity index (χ0v) is 12.7. The van der Waals surface area contributed by atoms with Crippen molar-refractivity contribution in [2.75, 3.05) is 30.7 Å². The molecular formula is C15H23ClFN3. The van der Waals surface area contributed by atoms with E-state index in [1.807, 2.05) is 0 Å². The third-order valence-electron chi connectivity index (χ3n) is 3.97. The Balaban J connectivity index is 1.77. The minimum absolute atomic E-state index is 0.103. The van der Waals surface area contributed by atoms with E-state index in [9.17, 15) is 4.39 Å². The molecule has 0 saturated carbocycles. The SMILES string of the molecule is CC1CCCCN1CCCNc1cc(Cl)c(F)cc1N. The molecule has 20 heavy (non-hydrogen) atoms. The Morgan fingerprint density at radius 1 is 1.45 bits per heavy atom. The first-order valence-electron chi connectivity index (χ1n) is 7.30. The van der Waals surface area contributed by atoms with Gasteiger partial charge in [-0.25, -0.2) is 4.39 Å². The molecule has 3 nitrogen and oxygen atoms in total. The van der Waals surface area contributed by atoms with Crippen LogP contribution in [0.25, 0.3) is 0 Å². The molecule has 112 valence electrons. The summed E-state index contributed by atoms with van der Waals surface area (Å²) in [6.45, 7) is 5.40. The van der Waals surface area contributed by atoms with E-state index in [0.717, 1.165) is 19.5 Å². The molecule has 1 fully saturated rings. The number of piperidine rings is 1. The van der Waals surface area contributed by atoms with Gasteiger partial charge in [0.15, 0.2) is 0 Å². The van der Waals surface area contributed by atoms with Gasteiger partial charge in [-0.15, -0.1) is 0 Å². The summed E-state index contributed by atoms with van der Waals surface area (Å²) in [5.41, 5.74) is 6.88. The molecule has 0 bridgehead atoms. The zero-order chi connectivity index (χ0) is 14.5. The van der Waals surface area contributed by atoms with Crippen molar-refractivity contribution in [3.8, 4) is 0 Å². The van der Waals surface area contributed by atoms with E-state index in [4.69, 9.17) is 17.3 Å². The van der Waals surface area contributed by atoms with Crippen LogP contribution in [0.3, 0.4) is 0 Å². The zero-order valence-electron chi connectivity index (χ0n) is 12.0. The highest BCUT2D eigenvalue weighted by Crippen LogP contribution is 2.26. The number of nitrogens with zero attached hydrogens (tertiary/aromatic N) is 1. The van der Waals surface area contributed by atoms with Crippen molar-refractivity contribution in [1.29, 1.82) is 0 Å². The monoisotopic (exact) mass is 299 g/mol. The molecule has 1 aromatic carbocycles. The molecule has 1 aromatic rings. The van der Waals surface area contributed by atoms with Gasteiger partial charge in [0.1, 0.15) is 5.82 Å². The molecule has 0 aliphatic carbocycles. The van der Waals surface area contributed by atoms with Gasteiger partial charge in [-0.3, -0.25) is 0 Å². The van der Waals surface area contributed by atoms with E-state index in [1.54, 1.807) is 6.07 Å². The van der Waals surface area contributed by atoms with E-state index < -0.39 is 5.82 Å². The molecule has 1 atom stereocenters. The fraction of sp³-hybridized carbons (Fsp3) is 0.600. The van der Waals surface area contributed by atoms with Crippen LogP contribution in [0.1, 0.15) is 32.6 Å². The predicted molar refractivity (Wildman–Crippen MR) is 83.8 cm³/mol. The summed E-state index contributed by atoms with van der Waals surface area (Å²) in [5.74, 6) is -0.475. The van der Waals surface area contributed by atoms with Crippen LogP contribution in [0.4, 0.5) is 15.8 Å². The van der Waals surface area contributed by atoms with Gasteiger partial charge < -0.3 is 16.0 Å². The molecule has 3 N–H and O–H groups in total. The van der Waals surface area contributed by atoms with Crippen molar-refractivity contribution in [2.45, 2.75) is 38.6 Å². The molecule has 0 amide bonds. The first-order valence-corrected chi connectivity index (χ1v) is 7.68. The van der Waals surface area contributed by atoms with E-state index in [1.165, 1.54) is 31.9 Å². The highest BCUT2D eigenvalue weighted by molar-refractivity contribution is 6.31. The van der Waals surface area contributed by atoms with Gasteiger partial charge in [-0.2, -0.15) is 0 Å². The number of hydrogen-bond acceptors (Lipinski definition) is 3. The van der Waals surface area contributed by atoms with Crippen LogP contribution in [0.5, 0.6) is 0 Å². The number of rotatable bonds is 5. The summed E-state index contributed by atoms with van der Waals surface area (Å²) in [5, 5.41) is 3.34. The largest absolute Gasteiger partial charge is 0.397 e. The molecule has 2 rings (SSSR count). The summed E-state index contributed by atoms with van der Waals surface area (Å²) in [6.07, 6.45) is 4.99. The summed E-state index contributed by atoms with van der Waals surface area (Å²) in [4.78, 5) is 2.53. The Bertz CT molecular complexity index is 453. The van der Waals surface area contributed by atoms with Gasteiger partial charge in [-0.05, 0) is 38.8 Å². The van der Waals surface area contributed by atoms with E-state index in [2.05, 4.69) is 17.1 Å². The van der Waals surface area contributed by atoms with Gasteiger partial charge in [0.25, 0.3) is 0 Å². The molecule has 0 aromatic heterocycles. The average molecular weight is 300 g/mol. The van der Waals surface area contributed by atoms with Crippen molar-refractivity contribution in [2.24, 2.45) is 0 Å². The summed E-state index contributed by atoms with van der Waals surface area (Å²) < 4.78 is 13.2. The van der Waals surface area contributed by atoms with Gasteiger partial charge in [0.05, 0.1) is 16.4 Å². The van der Waals surface area contributed by atoms with Crippen LogP contribution in [0, 0.1) is 5.82 Å².